The minimum atomic E-state index is -1.48. The van der Waals surface area contributed by atoms with E-state index in [9.17, 15) is 0 Å². The summed E-state index contributed by atoms with van der Waals surface area (Å²) in [6.45, 7) is 0. The zero-order valence-electron chi connectivity index (χ0n) is 2.14. The summed E-state index contributed by atoms with van der Waals surface area (Å²) in [5, 5.41) is 7.37. The van der Waals surface area contributed by atoms with Crippen molar-refractivity contribution in [2.45, 2.75) is 0 Å². The van der Waals surface area contributed by atoms with Crippen LogP contribution in [0.3, 0.4) is 0 Å². The molecule has 6 heteroatoms. The molecule has 0 saturated heterocycles. The van der Waals surface area contributed by atoms with Crippen molar-refractivity contribution in [2.24, 2.45) is 0 Å². The molecule has 0 aliphatic rings. The van der Waals surface area contributed by atoms with Gasteiger partial charge in [-0.15, -0.1) is 0 Å². The van der Waals surface area contributed by atoms with Crippen LogP contribution in [0.4, 0.5) is 4.79 Å². The van der Waals surface area contributed by atoms with Crippen LogP contribution in [0.15, 0.2) is 0 Å². The molecule has 34 valence electrons. The fourth-order valence-corrected chi connectivity index (χ4v) is 0. The number of rotatable bonds is 0. The topological polar surface area (TPSA) is 46.5 Å². The molecule has 0 saturated carbocycles. The van der Waals surface area contributed by atoms with Crippen molar-refractivity contribution in [3.63, 3.8) is 0 Å². The monoisotopic (exact) mass is 144 g/mol. The van der Waals surface area contributed by atoms with Crippen LogP contribution in [0.5, 0.6) is 0 Å². The van der Waals surface area contributed by atoms with Gasteiger partial charge in [-0.05, 0) is 0 Å². The summed E-state index contributed by atoms with van der Waals surface area (Å²) >= 11 is 4.24. The Morgan fingerprint density at radius 1 is 1.57 bits per heavy atom. The van der Waals surface area contributed by atoms with Crippen LogP contribution in [0.2, 0.25) is 0 Å². The first-order chi connectivity index (χ1) is 2.27. The maximum atomic E-state index is 9.01. The number of carboxylic acid groups (broad SMARTS) is 1. The van der Waals surface area contributed by atoms with Gasteiger partial charge in [0.25, 0.3) is 0 Å². The number of halogens is 1. The van der Waals surface area contributed by atoms with E-state index in [1.54, 1.807) is 0 Å². The Kier molecular flexibility index (Phi) is 23.8. The Morgan fingerprint density at radius 2 is 1.71 bits per heavy atom. The van der Waals surface area contributed by atoms with Gasteiger partial charge in [0.15, 0.2) is 0 Å². The first-order valence-electron chi connectivity index (χ1n) is 0.786. The molecule has 1 N–H and O–H groups in total. The Balaban J connectivity index is -0.0000000800. The quantitative estimate of drug-likeness (QED) is 0.468. The molecule has 0 fully saturated rings. The second-order valence-corrected chi connectivity index (χ2v) is 0.497. The Labute approximate surface area is 90.1 Å². The van der Waals surface area contributed by atoms with Gasteiger partial charge in [0.1, 0.15) is 11.9 Å². The van der Waals surface area contributed by atoms with Crippen LogP contribution >= 0.6 is 11.9 Å². The average molecular weight is 144 g/mol. The van der Waals surface area contributed by atoms with Gasteiger partial charge in [0.05, 0.1) is 0 Å². The van der Waals surface area contributed by atoms with Crippen LogP contribution in [0.25, 0.3) is 0 Å². The molecule has 0 bridgehead atoms. The fraction of sp³-hybridized carbons (Fsp3) is 0. The van der Waals surface area contributed by atoms with Crippen LogP contribution < -0.4 is 0 Å². The third kappa shape index (κ3) is 18.4. The first-order valence-corrected chi connectivity index (χ1v) is 1.09. The average Bonchev–Trinajstić information content (AvgIpc) is 1.38. The summed E-state index contributed by atoms with van der Waals surface area (Å²) < 4.78 is 3.14. The SMILES string of the molecule is O=C(O)OCl.[NaH].[NaH]. The zero-order chi connectivity index (χ0) is 4.28. The van der Waals surface area contributed by atoms with Crippen molar-refractivity contribution in [3.8, 4) is 0 Å². The normalized spacial score (nSPS) is 4.71. The van der Waals surface area contributed by atoms with Gasteiger partial charge in [0.2, 0.25) is 0 Å². The second kappa shape index (κ2) is 10.5. The predicted molar refractivity (Wildman–Crippen MR) is 29.3 cm³/mol. The summed E-state index contributed by atoms with van der Waals surface area (Å²) in [5.74, 6) is 0. The molecule has 0 rings (SSSR count). The molecule has 0 atom stereocenters. The Hall–Kier alpha value is 1.56. The predicted octanol–water partition coefficient (Wildman–Crippen LogP) is -0.462. The van der Waals surface area contributed by atoms with E-state index < -0.39 is 6.16 Å². The first kappa shape index (κ1) is 15.8. The molecule has 0 amide bonds. The van der Waals surface area contributed by atoms with Crippen molar-refractivity contribution in [1.29, 1.82) is 0 Å². The van der Waals surface area contributed by atoms with Gasteiger partial charge < -0.3 is 9.40 Å². The number of hydrogen-bond donors (Lipinski definition) is 1. The van der Waals surface area contributed by atoms with E-state index in [2.05, 4.69) is 16.2 Å². The van der Waals surface area contributed by atoms with Gasteiger partial charge in [-0.2, -0.15) is 0 Å². The molecule has 7 heavy (non-hydrogen) atoms. The number of carbonyl (C=O) groups is 1. The van der Waals surface area contributed by atoms with E-state index >= 15 is 0 Å². The molecule has 0 aliphatic heterocycles. The maximum absolute atomic E-state index is 9.01. The zero-order valence-corrected chi connectivity index (χ0v) is 2.90. The summed E-state index contributed by atoms with van der Waals surface area (Å²) in [5.41, 5.74) is 0. The van der Waals surface area contributed by atoms with E-state index in [4.69, 9.17) is 9.90 Å². The molecule has 0 heterocycles. The van der Waals surface area contributed by atoms with Crippen LogP contribution in [0, 0.1) is 0 Å². The van der Waals surface area contributed by atoms with E-state index in [1.165, 1.54) is 0 Å². The molecule has 3 nitrogen and oxygen atoms in total. The molecule has 0 radical (unpaired) electrons. The van der Waals surface area contributed by atoms with E-state index in [1.807, 2.05) is 0 Å². The van der Waals surface area contributed by atoms with Crippen molar-refractivity contribution >= 4 is 77.1 Å². The summed E-state index contributed by atoms with van der Waals surface area (Å²) in [6.07, 6.45) is -1.48. The van der Waals surface area contributed by atoms with Crippen LogP contribution in [-0.4, -0.2) is 70.4 Å². The van der Waals surface area contributed by atoms with Crippen molar-refractivity contribution < 1.29 is 14.2 Å². The molecule has 0 unspecified atom stereocenters. The molecule has 0 aromatic carbocycles. The van der Waals surface area contributed by atoms with E-state index in [0.29, 0.717) is 0 Å². The van der Waals surface area contributed by atoms with E-state index in [-0.39, 0.29) is 59.1 Å². The van der Waals surface area contributed by atoms with Gasteiger partial charge in [0, 0.05) is 0 Å². The van der Waals surface area contributed by atoms with Gasteiger partial charge in [-0.1, -0.05) is 0 Å². The third-order valence-electron chi connectivity index (χ3n) is 0.0660. The molecule has 0 aliphatic carbocycles. The molecule has 0 aromatic rings. The summed E-state index contributed by atoms with van der Waals surface area (Å²) in [6, 6.07) is 0. The molecule has 0 aromatic heterocycles. The number of hydrogen-bond acceptors (Lipinski definition) is 2. The summed E-state index contributed by atoms with van der Waals surface area (Å²) in [7, 11) is 0. The molecular formula is CH3ClNa2O3. The van der Waals surface area contributed by atoms with Gasteiger partial charge in [-0.25, -0.2) is 4.79 Å². The van der Waals surface area contributed by atoms with Crippen LogP contribution in [-0.2, 0) is 4.29 Å². The standard InChI is InChI=1S/CHClO3.2Na.2H/c2-5-1(3)4;;;;/h(H,3,4);;;;. The Bertz CT molecular complexity index is 48.2. The minimum absolute atomic E-state index is 0. The third-order valence-corrected chi connectivity index (χ3v) is 0.198. The van der Waals surface area contributed by atoms with Crippen LogP contribution in [0.1, 0.15) is 0 Å². The van der Waals surface area contributed by atoms with Crippen molar-refractivity contribution in [1.82, 2.24) is 0 Å². The van der Waals surface area contributed by atoms with Crippen molar-refractivity contribution in [3.05, 3.63) is 0 Å². The second-order valence-electron chi connectivity index (χ2n) is 0.343. The fourth-order valence-electron chi connectivity index (χ4n) is 0. The van der Waals surface area contributed by atoms with Gasteiger partial charge >= 0.3 is 65.3 Å². The van der Waals surface area contributed by atoms with E-state index in [0.717, 1.165) is 0 Å². The Morgan fingerprint density at radius 3 is 1.71 bits per heavy atom. The molecular weight excluding hydrogens is 141 g/mol. The van der Waals surface area contributed by atoms with Crippen molar-refractivity contribution in [2.75, 3.05) is 0 Å². The summed E-state index contributed by atoms with van der Waals surface area (Å²) in [4.78, 5) is 9.01. The van der Waals surface area contributed by atoms with Gasteiger partial charge in [-0.3, -0.25) is 0 Å². The molecule has 0 spiro atoms.